The van der Waals surface area contributed by atoms with E-state index in [0.29, 0.717) is 27.1 Å². The fourth-order valence-corrected chi connectivity index (χ4v) is 2.15. The molecule has 0 unspecified atom stereocenters. The smallest absolute Gasteiger partial charge is 0.282 e. The molecule has 84 valence electrons. The lowest BCUT2D eigenvalue weighted by molar-refractivity contribution is 0.429. The molecule has 0 aromatic carbocycles. The number of rotatable bonds is 3. The van der Waals surface area contributed by atoms with Crippen molar-refractivity contribution in [1.82, 2.24) is 20.2 Å². The van der Waals surface area contributed by atoms with Gasteiger partial charge in [0.25, 0.3) is 5.22 Å². The average Bonchev–Trinajstić information content (AvgIpc) is 2.63. The molecule has 2 heterocycles. The number of nitrogens with two attached hydrogens (primary N) is 1. The van der Waals surface area contributed by atoms with Gasteiger partial charge in [0.2, 0.25) is 5.89 Å². The Balaban J connectivity index is 2.24. The third-order valence-corrected chi connectivity index (χ3v) is 2.89. The second-order valence-corrected chi connectivity index (χ2v) is 4.55. The summed E-state index contributed by atoms with van der Waals surface area (Å²) in [5.74, 6) is 0.952. The number of aromatic nitrogens is 4. The molecule has 0 aliphatic rings. The summed E-state index contributed by atoms with van der Waals surface area (Å²) in [6.07, 6.45) is 1.89. The van der Waals surface area contributed by atoms with Crippen LogP contribution in [0.1, 0.15) is 5.89 Å². The number of nitrogens with zero attached hydrogens (tertiary/aromatic N) is 4. The molecule has 2 rings (SSSR count). The minimum absolute atomic E-state index is 0.429. The van der Waals surface area contributed by atoms with Crippen LogP contribution in [0.5, 0.6) is 0 Å². The molecular formula is C8H9N5OS2. The lowest BCUT2D eigenvalue weighted by atomic mass is 10.6. The maximum atomic E-state index is 5.65. The van der Waals surface area contributed by atoms with Crippen LogP contribution in [-0.4, -0.2) is 26.4 Å². The second kappa shape index (κ2) is 4.71. The second-order valence-electron chi connectivity index (χ2n) is 2.81. The summed E-state index contributed by atoms with van der Waals surface area (Å²) in [4.78, 5) is 8.31. The van der Waals surface area contributed by atoms with E-state index in [1.165, 1.54) is 23.5 Å². The van der Waals surface area contributed by atoms with E-state index < -0.39 is 0 Å². The number of thioether (sulfide) groups is 1. The van der Waals surface area contributed by atoms with Gasteiger partial charge in [-0.2, -0.15) is 0 Å². The lowest BCUT2D eigenvalue weighted by Gasteiger charge is -2.00. The van der Waals surface area contributed by atoms with E-state index >= 15 is 0 Å². The molecule has 16 heavy (non-hydrogen) atoms. The van der Waals surface area contributed by atoms with Gasteiger partial charge in [-0.1, -0.05) is 11.8 Å². The van der Waals surface area contributed by atoms with Crippen molar-refractivity contribution < 1.29 is 4.42 Å². The van der Waals surface area contributed by atoms with E-state index in [1.807, 2.05) is 6.26 Å². The first-order valence-corrected chi connectivity index (χ1v) is 6.38. The van der Waals surface area contributed by atoms with Gasteiger partial charge in [-0.05, 0) is 18.0 Å². The maximum absolute atomic E-state index is 5.65. The third kappa shape index (κ3) is 2.64. The van der Waals surface area contributed by atoms with Crippen molar-refractivity contribution in [3.8, 4) is 0 Å². The van der Waals surface area contributed by atoms with Crippen LogP contribution in [0.15, 0.2) is 25.9 Å². The van der Waals surface area contributed by atoms with Gasteiger partial charge in [0.05, 0.1) is 0 Å². The Kier molecular flexibility index (Phi) is 3.30. The average molecular weight is 255 g/mol. The summed E-state index contributed by atoms with van der Waals surface area (Å²) in [5.41, 5.74) is 5.65. The fourth-order valence-electron chi connectivity index (χ4n) is 0.973. The summed E-state index contributed by atoms with van der Waals surface area (Å²) in [7, 11) is 0. The predicted molar refractivity (Wildman–Crippen MR) is 61.4 cm³/mol. The van der Waals surface area contributed by atoms with Crippen LogP contribution in [0.25, 0.3) is 0 Å². The molecule has 0 spiro atoms. The minimum atomic E-state index is 0.429. The van der Waals surface area contributed by atoms with Crippen LogP contribution >= 0.6 is 23.5 Å². The molecule has 0 saturated heterocycles. The molecule has 8 heteroatoms. The van der Waals surface area contributed by atoms with Gasteiger partial charge < -0.3 is 10.2 Å². The Bertz CT molecular complexity index is 501. The molecule has 2 aromatic heterocycles. The van der Waals surface area contributed by atoms with Crippen molar-refractivity contribution in [2.45, 2.75) is 22.3 Å². The molecule has 0 fully saturated rings. The van der Waals surface area contributed by atoms with Crippen molar-refractivity contribution in [2.75, 3.05) is 12.0 Å². The SMILES string of the molecule is CSc1nc(N)cc(Sc2nnc(C)o2)n1. The van der Waals surface area contributed by atoms with Crippen molar-refractivity contribution in [1.29, 1.82) is 0 Å². The Morgan fingerprint density at radius 3 is 2.75 bits per heavy atom. The highest BCUT2D eigenvalue weighted by molar-refractivity contribution is 7.99. The Morgan fingerprint density at radius 1 is 1.31 bits per heavy atom. The van der Waals surface area contributed by atoms with E-state index in [-0.39, 0.29) is 0 Å². The number of hydrogen-bond donors (Lipinski definition) is 1. The van der Waals surface area contributed by atoms with Crippen LogP contribution in [-0.2, 0) is 0 Å². The first-order valence-electron chi connectivity index (χ1n) is 4.34. The number of nitrogen functional groups attached to an aromatic ring is 1. The molecule has 2 N–H and O–H groups in total. The first kappa shape index (κ1) is 11.2. The summed E-state index contributed by atoms with van der Waals surface area (Å²) in [5, 5.41) is 9.36. The van der Waals surface area contributed by atoms with Crippen LogP contribution in [0.3, 0.4) is 0 Å². The van der Waals surface area contributed by atoms with E-state index in [9.17, 15) is 0 Å². The van der Waals surface area contributed by atoms with Crippen LogP contribution in [0.2, 0.25) is 0 Å². The van der Waals surface area contributed by atoms with Crippen molar-refractivity contribution in [2.24, 2.45) is 0 Å². The van der Waals surface area contributed by atoms with Crippen molar-refractivity contribution in [3.63, 3.8) is 0 Å². The zero-order chi connectivity index (χ0) is 11.5. The summed E-state index contributed by atoms with van der Waals surface area (Å²) >= 11 is 2.70. The number of anilines is 1. The van der Waals surface area contributed by atoms with Gasteiger partial charge in [-0.15, -0.1) is 10.2 Å². The fraction of sp³-hybridized carbons (Fsp3) is 0.250. The number of hydrogen-bond acceptors (Lipinski definition) is 8. The lowest BCUT2D eigenvalue weighted by Crippen LogP contribution is -1.95. The van der Waals surface area contributed by atoms with Gasteiger partial charge in [0.15, 0.2) is 5.16 Å². The highest BCUT2D eigenvalue weighted by atomic mass is 32.2. The molecule has 2 aromatic rings. The Morgan fingerprint density at radius 2 is 2.12 bits per heavy atom. The van der Waals surface area contributed by atoms with Crippen LogP contribution in [0, 0.1) is 6.92 Å². The predicted octanol–water partition coefficient (Wildman–Crippen LogP) is 1.62. The largest absolute Gasteiger partial charge is 0.416 e. The van der Waals surface area contributed by atoms with Gasteiger partial charge >= 0.3 is 0 Å². The maximum Gasteiger partial charge on any atom is 0.282 e. The third-order valence-electron chi connectivity index (χ3n) is 1.58. The van der Waals surface area contributed by atoms with E-state index in [2.05, 4.69) is 20.2 Å². The molecule has 0 radical (unpaired) electrons. The van der Waals surface area contributed by atoms with E-state index in [1.54, 1.807) is 13.0 Å². The molecule has 0 atom stereocenters. The molecular weight excluding hydrogens is 246 g/mol. The summed E-state index contributed by atoms with van der Waals surface area (Å²) in [6, 6.07) is 1.67. The monoisotopic (exact) mass is 255 g/mol. The highest BCUT2D eigenvalue weighted by Crippen LogP contribution is 2.26. The Labute approximate surface area is 100 Å². The highest BCUT2D eigenvalue weighted by Gasteiger charge is 2.08. The van der Waals surface area contributed by atoms with Gasteiger partial charge in [-0.3, -0.25) is 0 Å². The van der Waals surface area contributed by atoms with E-state index in [0.717, 1.165) is 0 Å². The summed E-state index contributed by atoms with van der Waals surface area (Å²) in [6.45, 7) is 1.73. The van der Waals surface area contributed by atoms with Crippen molar-refractivity contribution >= 4 is 29.3 Å². The zero-order valence-electron chi connectivity index (χ0n) is 8.67. The Hall–Kier alpha value is -1.28. The van der Waals surface area contributed by atoms with Crippen LogP contribution < -0.4 is 5.73 Å². The molecule has 0 bridgehead atoms. The zero-order valence-corrected chi connectivity index (χ0v) is 10.3. The normalized spacial score (nSPS) is 10.6. The number of aryl methyl sites for hydroxylation is 1. The standard InChI is InChI=1S/C8H9N5OS2/c1-4-12-13-8(14-4)16-6-3-5(9)10-7(11-6)15-2/h3H,1-2H3,(H2,9,10,11). The molecule has 0 aliphatic carbocycles. The van der Waals surface area contributed by atoms with Gasteiger partial charge in [0, 0.05) is 13.0 Å². The molecule has 0 aliphatic heterocycles. The van der Waals surface area contributed by atoms with Gasteiger partial charge in [-0.25, -0.2) is 9.97 Å². The molecule has 0 amide bonds. The van der Waals surface area contributed by atoms with Crippen LogP contribution in [0.4, 0.5) is 5.82 Å². The van der Waals surface area contributed by atoms with E-state index in [4.69, 9.17) is 10.2 Å². The summed E-state index contributed by atoms with van der Waals surface area (Å²) < 4.78 is 5.23. The minimum Gasteiger partial charge on any atom is -0.416 e. The van der Waals surface area contributed by atoms with Gasteiger partial charge in [0.1, 0.15) is 10.8 Å². The topological polar surface area (TPSA) is 90.7 Å². The molecule has 6 nitrogen and oxygen atoms in total. The quantitative estimate of drug-likeness (QED) is 0.502. The first-order chi connectivity index (χ1) is 7.67. The van der Waals surface area contributed by atoms with Crippen molar-refractivity contribution in [3.05, 3.63) is 12.0 Å². The molecule has 0 saturated carbocycles.